The van der Waals surface area contributed by atoms with Crippen LogP contribution in [0, 0.1) is 0 Å². The van der Waals surface area contributed by atoms with Crippen LogP contribution >= 0.6 is 0 Å². The smallest absolute Gasteiger partial charge is 0.310 e. The number of nitrogens with one attached hydrogen (secondary N) is 1. The number of aliphatic carboxylic acids is 1. The molecule has 1 aromatic carbocycles. The number of rotatable bonds is 6. The highest BCUT2D eigenvalue weighted by Crippen LogP contribution is 2.23. The highest BCUT2D eigenvalue weighted by atomic mass is 32.2. The summed E-state index contributed by atoms with van der Waals surface area (Å²) in [6.45, 7) is 3.66. The lowest BCUT2D eigenvalue weighted by Gasteiger charge is -2.13. The van der Waals surface area contributed by atoms with Gasteiger partial charge in [-0.3, -0.25) is 4.79 Å². The lowest BCUT2D eigenvalue weighted by Crippen LogP contribution is -2.26. The Hall–Kier alpha value is -1.40. The number of carbonyl (C=O) groups is 1. The van der Waals surface area contributed by atoms with Crippen LogP contribution < -0.4 is 4.72 Å². The predicted molar refractivity (Wildman–Crippen MR) is 68.0 cm³/mol. The van der Waals surface area contributed by atoms with Crippen molar-refractivity contribution in [1.29, 1.82) is 0 Å². The molecule has 2 N–H and O–H groups in total. The first-order valence-electron chi connectivity index (χ1n) is 5.71. The average molecular weight is 271 g/mol. The van der Waals surface area contributed by atoms with E-state index in [1.54, 1.807) is 12.1 Å². The predicted octanol–water partition coefficient (Wildman–Crippen LogP) is 1.56. The normalized spacial score (nSPS) is 13.2. The highest BCUT2D eigenvalue weighted by molar-refractivity contribution is 7.89. The molecule has 1 rings (SSSR count). The van der Waals surface area contributed by atoms with Gasteiger partial charge in [-0.15, -0.1) is 0 Å². The Morgan fingerprint density at radius 1 is 1.39 bits per heavy atom. The monoisotopic (exact) mass is 271 g/mol. The fourth-order valence-corrected chi connectivity index (χ4v) is 2.97. The quantitative estimate of drug-likeness (QED) is 0.822. The van der Waals surface area contributed by atoms with Gasteiger partial charge >= 0.3 is 5.97 Å². The molecular formula is C12H17NO4S. The first-order chi connectivity index (χ1) is 8.40. The van der Waals surface area contributed by atoms with E-state index in [0.29, 0.717) is 18.5 Å². The van der Waals surface area contributed by atoms with Crippen LogP contribution in [-0.4, -0.2) is 26.0 Å². The Labute approximate surface area is 107 Å². The summed E-state index contributed by atoms with van der Waals surface area (Å²) in [7, 11) is -3.64. The summed E-state index contributed by atoms with van der Waals surface area (Å²) in [5.74, 6) is -1.91. The van der Waals surface area contributed by atoms with E-state index in [0.717, 1.165) is 0 Å². The summed E-state index contributed by atoms with van der Waals surface area (Å²) >= 11 is 0. The van der Waals surface area contributed by atoms with E-state index < -0.39 is 21.9 Å². The van der Waals surface area contributed by atoms with Crippen LogP contribution in [0.25, 0.3) is 0 Å². The summed E-state index contributed by atoms with van der Waals surface area (Å²) in [4.78, 5) is 11.0. The largest absolute Gasteiger partial charge is 0.481 e. The zero-order valence-electron chi connectivity index (χ0n) is 10.4. The van der Waals surface area contributed by atoms with Gasteiger partial charge in [0.15, 0.2) is 0 Å². The second-order valence-corrected chi connectivity index (χ2v) is 5.73. The molecule has 0 spiro atoms. The molecule has 0 fully saturated rings. The second kappa shape index (κ2) is 5.97. The van der Waals surface area contributed by atoms with Gasteiger partial charge in [-0.2, -0.15) is 0 Å². The molecule has 0 aliphatic heterocycles. The van der Waals surface area contributed by atoms with E-state index in [1.807, 2.05) is 6.92 Å². The zero-order chi connectivity index (χ0) is 13.8. The van der Waals surface area contributed by atoms with Crippen LogP contribution in [-0.2, 0) is 14.8 Å². The average Bonchev–Trinajstić information content (AvgIpc) is 2.35. The van der Waals surface area contributed by atoms with Crippen molar-refractivity contribution in [3.8, 4) is 0 Å². The first-order valence-corrected chi connectivity index (χ1v) is 7.20. The van der Waals surface area contributed by atoms with E-state index in [2.05, 4.69) is 4.72 Å². The zero-order valence-corrected chi connectivity index (χ0v) is 11.2. The molecule has 0 radical (unpaired) electrons. The molecule has 18 heavy (non-hydrogen) atoms. The molecule has 0 saturated heterocycles. The SMILES string of the molecule is CCCNS(=O)(=O)c1ccccc1C(C)C(=O)O. The lowest BCUT2D eigenvalue weighted by molar-refractivity contribution is -0.138. The van der Waals surface area contributed by atoms with Crippen molar-refractivity contribution in [2.45, 2.75) is 31.1 Å². The Bertz CT molecular complexity index is 525. The van der Waals surface area contributed by atoms with E-state index in [9.17, 15) is 13.2 Å². The molecule has 5 nitrogen and oxygen atoms in total. The van der Waals surface area contributed by atoms with E-state index >= 15 is 0 Å². The maximum Gasteiger partial charge on any atom is 0.310 e. The molecule has 0 aliphatic carbocycles. The summed E-state index contributed by atoms with van der Waals surface area (Å²) in [6.07, 6.45) is 0.676. The molecule has 0 heterocycles. The van der Waals surface area contributed by atoms with Crippen LogP contribution in [0.5, 0.6) is 0 Å². The fraction of sp³-hybridized carbons (Fsp3) is 0.417. The summed E-state index contributed by atoms with van der Waals surface area (Å²) in [6, 6.07) is 6.16. The van der Waals surface area contributed by atoms with Crippen LogP contribution in [0.4, 0.5) is 0 Å². The Morgan fingerprint density at radius 2 is 2.00 bits per heavy atom. The van der Waals surface area contributed by atoms with E-state index in [1.165, 1.54) is 19.1 Å². The second-order valence-electron chi connectivity index (χ2n) is 4.00. The van der Waals surface area contributed by atoms with Gasteiger partial charge in [0.05, 0.1) is 10.8 Å². The fourth-order valence-electron chi connectivity index (χ4n) is 1.53. The van der Waals surface area contributed by atoms with Crippen molar-refractivity contribution in [1.82, 2.24) is 4.72 Å². The van der Waals surface area contributed by atoms with Crippen molar-refractivity contribution in [2.24, 2.45) is 0 Å². The molecular weight excluding hydrogens is 254 g/mol. The maximum atomic E-state index is 12.0. The summed E-state index contributed by atoms with van der Waals surface area (Å²) in [5, 5.41) is 8.99. The number of hydrogen-bond donors (Lipinski definition) is 2. The van der Waals surface area contributed by atoms with Crippen molar-refractivity contribution in [2.75, 3.05) is 6.54 Å². The van der Waals surface area contributed by atoms with E-state index in [4.69, 9.17) is 5.11 Å². The molecule has 0 aromatic heterocycles. The van der Waals surface area contributed by atoms with Gasteiger partial charge in [-0.25, -0.2) is 13.1 Å². The first kappa shape index (κ1) is 14.7. The van der Waals surface area contributed by atoms with Gasteiger partial charge < -0.3 is 5.11 Å². The molecule has 100 valence electrons. The number of benzene rings is 1. The third-order valence-corrected chi connectivity index (χ3v) is 4.12. The van der Waals surface area contributed by atoms with Gasteiger partial charge in [0.25, 0.3) is 0 Å². The van der Waals surface area contributed by atoms with Gasteiger partial charge in [0, 0.05) is 6.54 Å². The highest BCUT2D eigenvalue weighted by Gasteiger charge is 2.23. The van der Waals surface area contributed by atoms with E-state index in [-0.39, 0.29) is 4.90 Å². The molecule has 1 atom stereocenters. The Kier molecular flexibility index (Phi) is 4.86. The molecule has 0 bridgehead atoms. The van der Waals surface area contributed by atoms with Crippen LogP contribution in [0.2, 0.25) is 0 Å². The number of hydrogen-bond acceptors (Lipinski definition) is 3. The Balaban J connectivity index is 3.21. The van der Waals surface area contributed by atoms with Gasteiger partial charge in [-0.05, 0) is 25.0 Å². The number of sulfonamides is 1. The van der Waals surface area contributed by atoms with Crippen LogP contribution in [0.1, 0.15) is 31.7 Å². The molecule has 0 amide bonds. The van der Waals surface area contributed by atoms with Gasteiger partial charge in [0.2, 0.25) is 10.0 Å². The minimum absolute atomic E-state index is 0.0355. The van der Waals surface area contributed by atoms with Gasteiger partial charge in [-0.1, -0.05) is 25.1 Å². The third-order valence-electron chi connectivity index (χ3n) is 2.59. The molecule has 6 heteroatoms. The van der Waals surface area contributed by atoms with Crippen molar-refractivity contribution in [3.63, 3.8) is 0 Å². The molecule has 0 aliphatic rings. The number of carboxylic acids is 1. The minimum Gasteiger partial charge on any atom is -0.481 e. The summed E-state index contributed by atoms with van der Waals surface area (Å²) < 4.78 is 26.5. The molecule has 1 unspecified atom stereocenters. The van der Waals surface area contributed by atoms with Gasteiger partial charge in [0.1, 0.15) is 0 Å². The third kappa shape index (κ3) is 3.30. The van der Waals surface area contributed by atoms with Crippen LogP contribution in [0.3, 0.4) is 0 Å². The standard InChI is InChI=1S/C12H17NO4S/c1-3-8-13-18(16,17)11-7-5-4-6-10(11)9(2)12(14)15/h4-7,9,13H,3,8H2,1-2H3,(H,14,15). The topological polar surface area (TPSA) is 83.5 Å². The molecule has 0 saturated carbocycles. The minimum atomic E-state index is -3.64. The number of carboxylic acid groups (broad SMARTS) is 1. The summed E-state index contributed by atoms with van der Waals surface area (Å²) in [5.41, 5.74) is 0.300. The van der Waals surface area contributed by atoms with Crippen molar-refractivity contribution in [3.05, 3.63) is 29.8 Å². The molecule has 1 aromatic rings. The maximum absolute atomic E-state index is 12.0. The van der Waals surface area contributed by atoms with Crippen molar-refractivity contribution >= 4 is 16.0 Å². The van der Waals surface area contributed by atoms with Crippen molar-refractivity contribution < 1.29 is 18.3 Å². The Morgan fingerprint density at radius 3 is 2.56 bits per heavy atom. The lowest BCUT2D eigenvalue weighted by atomic mass is 10.0. The van der Waals surface area contributed by atoms with Crippen LogP contribution in [0.15, 0.2) is 29.2 Å².